The highest BCUT2D eigenvalue weighted by molar-refractivity contribution is 14.0. The number of halogens is 1. The minimum absolute atomic E-state index is 0. The van der Waals surface area contributed by atoms with Gasteiger partial charge in [-0.1, -0.05) is 20.8 Å². The van der Waals surface area contributed by atoms with E-state index in [1.807, 2.05) is 7.05 Å². The second kappa shape index (κ2) is 10.9. The number of aromatic nitrogens is 3. The van der Waals surface area contributed by atoms with E-state index in [0.717, 1.165) is 43.1 Å². The molecule has 0 atom stereocenters. The van der Waals surface area contributed by atoms with E-state index in [2.05, 4.69) is 51.2 Å². The highest BCUT2D eigenvalue weighted by Crippen LogP contribution is 2.29. The van der Waals surface area contributed by atoms with Crippen LogP contribution < -0.4 is 10.6 Å². The molecule has 1 aromatic rings. The zero-order valence-corrected chi connectivity index (χ0v) is 17.8. The van der Waals surface area contributed by atoms with Crippen molar-refractivity contribution >= 4 is 29.9 Å². The summed E-state index contributed by atoms with van der Waals surface area (Å²) in [5, 5.41) is 15.0. The third-order valence-corrected chi connectivity index (χ3v) is 4.94. The second-order valence-electron chi connectivity index (χ2n) is 6.79. The Hall–Kier alpha value is -0.860. The van der Waals surface area contributed by atoms with E-state index in [1.54, 1.807) is 6.33 Å². The largest absolute Gasteiger partial charge is 0.355 e. The van der Waals surface area contributed by atoms with E-state index >= 15 is 0 Å². The summed E-state index contributed by atoms with van der Waals surface area (Å²) in [7, 11) is 1.84. The normalized spacial score (nSPS) is 21.5. The zero-order chi connectivity index (χ0) is 16.7. The van der Waals surface area contributed by atoms with Crippen LogP contribution in [0.3, 0.4) is 0 Å². The first kappa shape index (κ1) is 21.2. The lowest BCUT2D eigenvalue weighted by atomic mass is 9.80. The van der Waals surface area contributed by atoms with Crippen LogP contribution in [-0.4, -0.2) is 40.4 Å². The van der Waals surface area contributed by atoms with Crippen LogP contribution in [0.4, 0.5) is 0 Å². The summed E-state index contributed by atoms with van der Waals surface area (Å²) in [6, 6.07) is 0.553. The topological polar surface area (TPSA) is 67.1 Å². The predicted octanol–water partition coefficient (Wildman–Crippen LogP) is 2.84. The van der Waals surface area contributed by atoms with Gasteiger partial charge in [0, 0.05) is 32.6 Å². The van der Waals surface area contributed by atoms with E-state index in [-0.39, 0.29) is 24.0 Å². The first-order valence-corrected chi connectivity index (χ1v) is 8.97. The smallest absolute Gasteiger partial charge is 0.191 e. The van der Waals surface area contributed by atoms with Gasteiger partial charge in [0.2, 0.25) is 0 Å². The van der Waals surface area contributed by atoms with E-state index in [9.17, 15) is 0 Å². The summed E-state index contributed by atoms with van der Waals surface area (Å²) in [6.07, 6.45) is 7.85. The third kappa shape index (κ3) is 6.22. The second-order valence-corrected chi connectivity index (χ2v) is 6.79. The lowest BCUT2D eigenvalue weighted by Crippen LogP contribution is -2.45. The molecule has 0 aromatic carbocycles. The number of nitrogens with zero attached hydrogens (tertiary/aromatic N) is 4. The average Bonchev–Trinajstić information content (AvgIpc) is 3.01. The molecule has 138 valence electrons. The van der Waals surface area contributed by atoms with Gasteiger partial charge in [0.25, 0.3) is 0 Å². The number of guanidine groups is 1. The van der Waals surface area contributed by atoms with Crippen molar-refractivity contribution in [1.82, 2.24) is 25.4 Å². The van der Waals surface area contributed by atoms with Crippen molar-refractivity contribution in [3.05, 3.63) is 12.2 Å². The molecule has 0 aliphatic heterocycles. The lowest BCUT2D eigenvalue weighted by Gasteiger charge is -2.32. The molecular weight excluding hydrogens is 415 g/mol. The van der Waals surface area contributed by atoms with Crippen LogP contribution in [0, 0.1) is 11.8 Å². The highest BCUT2D eigenvalue weighted by Gasteiger charge is 2.23. The molecule has 1 saturated carbocycles. The fourth-order valence-electron chi connectivity index (χ4n) is 3.35. The van der Waals surface area contributed by atoms with Crippen LogP contribution in [0.5, 0.6) is 0 Å². The molecule has 2 N–H and O–H groups in total. The number of aryl methyl sites for hydroxylation is 1. The maximum absolute atomic E-state index is 4.35. The van der Waals surface area contributed by atoms with Crippen molar-refractivity contribution in [2.24, 2.45) is 16.8 Å². The van der Waals surface area contributed by atoms with Crippen LogP contribution in [0.2, 0.25) is 0 Å². The maximum atomic E-state index is 4.35. The predicted molar refractivity (Wildman–Crippen MR) is 110 cm³/mol. The van der Waals surface area contributed by atoms with E-state index in [0.29, 0.717) is 6.04 Å². The average molecular weight is 448 g/mol. The maximum Gasteiger partial charge on any atom is 0.191 e. The number of rotatable bonds is 6. The molecule has 2 rings (SSSR count). The Labute approximate surface area is 163 Å². The molecule has 1 aromatic heterocycles. The Balaban J connectivity index is 0.00000288. The summed E-state index contributed by atoms with van der Waals surface area (Å²) in [4.78, 5) is 4.35. The van der Waals surface area contributed by atoms with Gasteiger partial charge in [0.15, 0.2) is 5.96 Å². The molecule has 24 heavy (non-hydrogen) atoms. The molecule has 1 fully saturated rings. The van der Waals surface area contributed by atoms with Gasteiger partial charge in [0.1, 0.15) is 12.2 Å². The Morgan fingerprint density at radius 3 is 2.62 bits per heavy atom. The van der Waals surface area contributed by atoms with Gasteiger partial charge in [-0.05, 0) is 37.5 Å². The van der Waals surface area contributed by atoms with Crippen LogP contribution >= 0.6 is 24.0 Å². The molecule has 6 nitrogen and oxygen atoms in total. The summed E-state index contributed by atoms with van der Waals surface area (Å²) in [6.45, 7) is 8.47. The Morgan fingerprint density at radius 1 is 1.33 bits per heavy atom. The summed E-state index contributed by atoms with van der Waals surface area (Å²) in [5.74, 6) is 3.64. The molecule has 1 aliphatic carbocycles. The fraction of sp³-hybridized carbons (Fsp3) is 0.824. The van der Waals surface area contributed by atoms with Crippen LogP contribution in [0.1, 0.15) is 52.3 Å². The number of hydrogen-bond donors (Lipinski definition) is 2. The molecule has 0 bridgehead atoms. The first-order valence-electron chi connectivity index (χ1n) is 8.97. The number of aliphatic imine (C=N–C) groups is 1. The van der Waals surface area contributed by atoms with Crippen molar-refractivity contribution in [1.29, 1.82) is 0 Å². The van der Waals surface area contributed by atoms with Crippen molar-refractivity contribution in [3.8, 4) is 0 Å². The Morgan fingerprint density at radius 2 is 2.04 bits per heavy atom. The molecule has 0 spiro atoms. The fourth-order valence-corrected chi connectivity index (χ4v) is 3.35. The SMILES string of the molecule is CCc1nncn1CCNC(=NC)NC1CCC(C(C)C)CC1.I. The van der Waals surface area contributed by atoms with E-state index < -0.39 is 0 Å². The summed E-state index contributed by atoms with van der Waals surface area (Å²) < 4.78 is 2.09. The monoisotopic (exact) mass is 448 g/mol. The molecule has 0 amide bonds. The number of nitrogens with one attached hydrogen (secondary N) is 2. The van der Waals surface area contributed by atoms with E-state index in [4.69, 9.17) is 0 Å². The first-order chi connectivity index (χ1) is 11.1. The number of hydrogen-bond acceptors (Lipinski definition) is 3. The van der Waals surface area contributed by atoms with Crippen molar-refractivity contribution < 1.29 is 0 Å². The van der Waals surface area contributed by atoms with Crippen molar-refractivity contribution in [3.63, 3.8) is 0 Å². The van der Waals surface area contributed by atoms with Crippen molar-refractivity contribution in [2.45, 2.75) is 65.5 Å². The van der Waals surface area contributed by atoms with Gasteiger partial charge in [-0.3, -0.25) is 4.99 Å². The molecule has 1 aliphatic rings. The summed E-state index contributed by atoms with van der Waals surface area (Å²) in [5.41, 5.74) is 0. The van der Waals surface area contributed by atoms with Gasteiger partial charge < -0.3 is 15.2 Å². The summed E-state index contributed by atoms with van der Waals surface area (Å²) >= 11 is 0. The Bertz CT molecular complexity index is 491. The molecule has 0 radical (unpaired) electrons. The minimum Gasteiger partial charge on any atom is -0.355 e. The van der Waals surface area contributed by atoms with Gasteiger partial charge in [-0.25, -0.2) is 0 Å². The Kier molecular flexibility index (Phi) is 9.61. The quantitative estimate of drug-likeness (QED) is 0.399. The lowest BCUT2D eigenvalue weighted by molar-refractivity contribution is 0.250. The standard InChI is InChI=1S/C17H32N6.HI/c1-5-16-22-20-12-23(16)11-10-19-17(18-4)21-15-8-6-14(7-9-15)13(2)3;/h12-15H,5-11H2,1-4H3,(H2,18,19,21);1H. The molecular formula is C17H33IN6. The molecule has 7 heteroatoms. The van der Waals surface area contributed by atoms with Crippen LogP contribution in [-0.2, 0) is 13.0 Å². The van der Waals surface area contributed by atoms with Gasteiger partial charge in [0.05, 0.1) is 0 Å². The van der Waals surface area contributed by atoms with Gasteiger partial charge in [-0.2, -0.15) is 0 Å². The van der Waals surface area contributed by atoms with Crippen molar-refractivity contribution in [2.75, 3.05) is 13.6 Å². The minimum atomic E-state index is 0. The van der Waals surface area contributed by atoms with Gasteiger partial charge in [-0.15, -0.1) is 34.2 Å². The van der Waals surface area contributed by atoms with Crippen LogP contribution in [0.15, 0.2) is 11.3 Å². The third-order valence-electron chi connectivity index (χ3n) is 4.94. The van der Waals surface area contributed by atoms with Gasteiger partial charge >= 0.3 is 0 Å². The molecule has 0 unspecified atom stereocenters. The van der Waals surface area contributed by atoms with Crippen LogP contribution in [0.25, 0.3) is 0 Å². The zero-order valence-electron chi connectivity index (χ0n) is 15.5. The molecule has 0 saturated heterocycles. The highest BCUT2D eigenvalue weighted by atomic mass is 127. The van der Waals surface area contributed by atoms with E-state index in [1.165, 1.54) is 25.7 Å². The molecule has 1 heterocycles.